The fourth-order valence-electron chi connectivity index (χ4n) is 2.44. The zero-order chi connectivity index (χ0) is 13.9. The largest absolute Gasteiger partial charge is 0.496 e. The number of ether oxygens (including phenoxy) is 1. The van der Waals surface area contributed by atoms with E-state index in [0.717, 1.165) is 12.8 Å². The number of halogens is 1. The minimum atomic E-state index is -0.853. The van der Waals surface area contributed by atoms with Crippen LogP contribution in [-0.2, 0) is 0 Å². The molecule has 2 N–H and O–H groups in total. The van der Waals surface area contributed by atoms with Crippen molar-refractivity contribution in [2.24, 2.45) is 0 Å². The third-order valence-electron chi connectivity index (χ3n) is 3.53. The van der Waals surface area contributed by atoms with Crippen LogP contribution in [0.3, 0.4) is 0 Å². The first-order chi connectivity index (χ1) is 9.06. The van der Waals surface area contributed by atoms with Crippen molar-refractivity contribution in [3.05, 3.63) is 29.6 Å². The van der Waals surface area contributed by atoms with Gasteiger partial charge in [-0.1, -0.05) is 18.9 Å². The standard InChI is InChI=1S/C14H18FNO3/c1-19-11-6-4-5-10(15)12(11)13(17)16-9-14(18)7-2-3-8-14/h4-6,18H,2-3,7-9H2,1H3,(H,16,17). The summed E-state index contributed by atoms with van der Waals surface area (Å²) in [6.07, 6.45) is 3.24. The molecular formula is C14H18FNO3. The zero-order valence-corrected chi connectivity index (χ0v) is 10.9. The Kier molecular flexibility index (Phi) is 4.04. The average molecular weight is 267 g/mol. The molecule has 0 aromatic heterocycles. The Morgan fingerprint density at radius 2 is 2.16 bits per heavy atom. The molecule has 1 aromatic carbocycles. The molecule has 19 heavy (non-hydrogen) atoms. The number of rotatable bonds is 4. The van der Waals surface area contributed by atoms with Crippen LogP contribution in [0, 0.1) is 5.82 Å². The molecule has 104 valence electrons. The Balaban J connectivity index is 2.08. The number of hydrogen-bond donors (Lipinski definition) is 2. The molecule has 0 spiro atoms. The van der Waals surface area contributed by atoms with E-state index in [2.05, 4.69) is 5.32 Å². The second kappa shape index (κ2) is 5.57. The van der Waals surface area contributed by atoms with Crippen molar-refractivity contribution in [1.82, 2.24) is 5.32 Å². The van der Waals surface area contributed by atoms with Gasteiger partial charge in [0.1, 0.15) is 17.1 Å². The van der Waals surface area contributed by atoms with E-state index >= 15 is 0 Å². The molecule has 0 bridgehead atoms. The summed E-state index contributed by atoms with van der Waals surface area (Å²) in [5, 5.41) is 12.7. The van der Waals surface area contributed by atoms with Crippen LogP contribution in [0.4, 0.5) is 4.39 Å². The number of amides is 1. The molecule has 5 heteroatoms. The lowest BCUT2D eigenvalue weighted by atomic mass is 10.0. The first kappa shape index (κ1) is 13.8. The average Bonchev–Trinajstić information content (AvgIpc) is 2.83. The summed E-state index contributed by atoms with van der Waals surface area (Å²) in [6, 6.07) is 4.22. The van der Waals surface area contributed by atoms with Gasteiger partial charge in [0.25, 0.3) is 5.91 Å². The lowest BCUT2D eigenvalue weighted by Crippen LogP contribution is -2.41. The van der Waals surface area contributed by atoms with Crippen LogP contribution in [0.15, 0.2) is 18.2 Å². The van der Waals surface area contributed by atoms with E-state index in [9.17, 15) is 14.3 Å². The Morgan fingerprint density at radius 1 is 1.47 bits per heavy atom. The topological polar surface area (TPSA) is 58.6 Å². The second-order valence-electron chi connectivity index (χ2n) is 4.93. The van der Waals surface area contributed by atoms with Gasteiger partial charge < -0.3 is 15.2 Å². The molecule has 0 atom stereocenters. The van der Waals surface area contributed by atoms with Gasteiger partial charge in [0, 0.05) is 6.54 Å². The van der Waals surface area contributed by atoms with Crippen molar-refractivity contribution >= 4 is 5.91 Å². The summed E-state index contributed by atoms with van der Waals surface area (Å²) in [5.74, 6) is -0.999. The van der Waals surface area contributed by atoms with Crippen molar-refractivity contribution in [2.45, 2.75) is 31.3 Å². The van der Waals surface area contributed by atoms with Gasteiger partial charge in [-0.25, -0.2) is 4.39 Å². The molecule has 1 aromatic rings. The minimum absolute atomic E-state index is 0.119. The number of aliphatic hydroxyl groups is 1. The third kappa shape index (κ3) is 3.04. The van der Waals surface area contributed by atoms with Crippen LogP contribution in [-0.4, -0.2) is 30.3 Å². The van der Waals surface area contributed by atoms with Gasteiger partial charge in [-0.3, -0.25) is 4.79 Å². The summed E-state index contributed by atoms with van der Waals surface area (Å²) in [5.41, 5.74) is -0.972. The highest BCUT2D eigenvalue weighted by atomic mass is 19.1. The Hall–Kier alpha value is -1.62. The number of hydrogen-bond acceptors (Lipinski definition) is 3. The van der Waals surface area contributed by atoms with Crippen molar-refractivity contribution < 1.29 is 19.0 Å². The van der Waals surface area contributed by atoms with Gasteiger partial charge in [-0.2, -0.15) is 0 Å². The van der Waals surface area contributed by atoms with Gasteiger partial charge in [0.05, 0.1) is 12.7 Å². The van der Waals surface area contributed by atoms with Crippen LogP contribution in [0.5, 0.6) is 5.75 Å². The van der Waals surface area contributed by atoms with E-state index in [1.165, 1.54) is 25.3 Å². The van der Waals surface area contributed by atoms with Crippen LogP contribution >= 0.6 is 0 Å². The predicted octanol–water partition coefficient (Wildman–Crippen LogP) is 1.87. The molecular weight excluding hydrogens is 249 g/mol. The normalized spacial score (nSPS) is 17.2. The fraction of sp³-hybridized carbons (Fsp3) is 0.500. The summed E-state index contributed by atoms with van der Waals surface area (Å²) < 4.78 is 18.7. The first-order valence-corrected chi connectivity index (χ1v) is 6.39. The molecule has 4 nitrogen and oxygen atoms in total. The Bertz CT molecular complexity index is 470. The van der Waals surface area contributed by atoms with E-state index in [1.54, 1.807) is 0 Å². The number of benzene rings is 1. The Morgan fingerprint density at radius 3 is 2.79 bits per heavy atom. The molecule has 1 saturated carbocycles. The molecule has 0 saturated heterocycles. The summed E-state index contributed by atoms with van der Waals surface area (Å²) >= 11 is 0. The molecule has 2 rings (SSSR count). The second-order valence-corrected chi connectivity index (χ2v) is 4.93. The summed E-state index contributed by atoms with van der Waals surface area (Å²) in [6.45, 7) is 0.142. The van der Waals surface area contributed by atoms with Crippen molar-refractivity contribution in [2.75, 3.05) is 13.7 Å². The van der Waals surface area contributed by atoms with Gasteiger partial charge in [0.15, 0.2) is 0 Å². The SMILES string of the molecule is COc1cccc(F)c1C(=O)NCC1(O)CCCC1. The fourth-order valence-corrected chi connectivity index (χ4v) is 2.44. The van der Waals surface area contributed by atoms with E-state index in [-0.39, 0.29) is 17.9 Å². The maximum Gasteiger partial charge on any atom is 0.258 e. The lowest BCUT2D eigenvalue weighted by Gasteiger charge is -2.22. The number of nitrogens with one attached hydrogen (secondary N) is 1. The van der Waals surface area contributed by atoms with E-state index in [0.29, 0.717) is 12.8 Å². The van der Waals surface area contributed by atoms with Crippen molar-refractivity contribution in [3.8, 4) is 5.75 Å². The quantitative estimate of drug-likeness (QED) is 0.875. The predicted molar refractivity (Wildman–Crippen MR) is 68.7 cm³/mol. The summed E-state index contributed by atoms with van der Waals surface area (Å²) in [4.78, 5) is 12.0. The van der Waals surface area contributed by atoms with Crippen LogP contribution in [0.25, 0.3) is 0 Å². The minimum Gasteiger partial charge on any atom is -0.496 e. The van der Waals surface area contributed by atoms with Crippen LogP contribution in [0.2, 0.25) is 0 Å². The Labute approximate surface area is 111 Å². The molecule has 0 unspecified atom stereocenters. The van der Waals surface area contributed by atoms with Crippen molar-refractivity contribution in [3.63, 3.8) is 0 Å². The van der Waals surface area contributed by atoms with Crippen LogP contribution < -0.4 is 10.1 Å². The molecule has 0 aliphatic heterocycles. The van der Waals surface area contributed by atoms with Crippen molar-refractivity contribution in [1.29, 1.82) is 0 Å². The third-order valence-corrected chi connectivity index (χ3v) is 3.53. The van der Waals surface area contributed by atoms with E-state index in [4.69, 9.17) is 4.74 Å². The number of carbonyl (C=O) groups is 1. The molecule has 0 radical (unpaired) electrons. The molecule has 1 fully saturated rings. The smallest absolute Gasteiger partial charge is 0.258 e. The van der Waals surface area contributed by atoms with Gasteiger partial charge >= 0.3 is 0 Å². The molecule has 0 heterocycles. The van der Waals surface area contributed by atoms with Crippen LogP contribution in [0.1, 0.15) is 36.0 Å². The molecule has 1 aliphatic rings. The highest BCUT2D eigenvalue weighted by molar-refractivity contribution is 5.97. The number of carbonyl (C=O) groups excluding carboxylic acids is 1. The van der Waals surface area contributed by atoms with Gasteiger partial charge in [-0.15, -0.1) is 0 Å². The molecule has 1 aliphatic carbocycles. The summed E-state index contributed by atoms with van der Waals surface area (Å²) in [7, 11) is 1.38. The monoisotopic (exact) mass is 267 g/mol. The highest BCUT2D eigenvalue weighted by Crippen LogP contribution is 2.29. The lowest BCUT2D eigenvalue weighted by molar-refractivity contribution is 0.0448. The zero-order valence-electron chi connectivity index (χ0n) is 10.9. The maximum atomic E-state index is 13.7. The van der Waals surface area contributed by atoms with Gasteiger partial charge in [-0.05, 0) is 25.0 Å². The number of methoxy groups -OCH3 is 1. The van der Waals surface area contributed by atoms with E-state index in [1.807, 2.05) is 0 Å². The highest BCUT2D eigenvalue weighted by Gasteiger charge is 2.32. The molecule has 1 amide bonds. The first-order valence-electron chi connectivity index (χ1n) is 6.39. The van der Waals surface area contributed by atoms with Gasteiger partial charge in [0.2, 0.25) is 0 Å². The maximum absolute atomic E-state index is 13.7. The van der Waals surface area contributed by atoms with E-state index < -0.39 is 17.3 Å².